The lowest BCUT2D eigenvalue weighted by atomic mass is 10.1. The summed E-state index contributed by atoms with van der Waals surface area (Å²) in [4.78, 5) is 12.6. The molecule has 3 heteroatoms. The van der Waals surface area contributed by atoms with Crippen LogP contribution in [0.1, 0.15) is 21.5 Å². The van der Waals surface area contributed by atoms with Gasteiger partial charge in [-0.3, -0.25) is 0 Å². The summed E-state index contributed by atoms with van der Waals surface area (Å²) in [7, 11) is 0. The van der Waals surface area contributed by atoms with E-state index < -0.39 is 0 Å². The van der Waals surface area contributed by atoms with Crippen molar-refractivity contribution in [2.24, 2.45) is 0 Å². The number of fused-ring (bicyclic) bond motifs is 1. The lowest BCUT2D eigenvalue weighted by molar-refractivity contribution is 0.0472. The minimum absolute atomic E-state index is 0.243. The Labute approximate surface area is 164 Å². The van der Waals surface area contributed by atoms with Crippen LogP contribution in [0.4, 0.5) is 0 Å². The Morgan fingerprint density at radius 3 is 2.00 bits per heavy atom. The summed E-state index contributed by atoms with van der Waals surface area (Å²) in [6.45, 7) is 0.681. The highest BCUT2D eigenvalue weighted by Gasteiger charge is 2.13. The second kappa shape index (κ2) is 8.40. The van der Waals surface area contributed by atoms with Crippen molar-refractivity contribution in [1.82, 2.24) is 0 Å². The molecule has 4 rings (SSSR count). The van der Waals surface area contributed by atoms with Crippen molar-refractivity contribution < 1.29 is 14.3 Å². The minimum Gasteiger partial charge on any atom is -0.488 e. The number of hydrogen-bond donors (Lipinski definition) is 0. The molecule has 0 heterocycles. The van der Waals surface area contributed by atoms with Crippen molar-refractivity contribution in [3.05, 3.63) is 114 Å². The fourth-order valence-electron chi connectivity index (χ4n) is 3.05. The van der Waals surface area contributed by atoms with E-state index in [2.05, 4.69) is 0 Å². The van der Waals surface area contributed by atoms with Gasteiger partial charge < -0.3 is 9.47 Å². The predicted octanol–water partition coefficient (Wildman–Crippen LogP) is 5.78. The van der Waals surface area contributed by atoms with Crippen LogP contribution < -0.4 is 4.74 Å². The molecular formula is C25H20O3. The molecule has 4 aromatic carbocycles. The van der Waals surface area contributed by atoms with Gasteiger partial charge in [-0.15, -0.1) is 0 Å². The van der Waals surface area contributed by atoms with Crippen molar-refractivity contribution >= 4 is 16.7 Å². The zero-order chi connectivity index (χ0) is 19.2. The highest BCUT2D eigenvalue weighted by atomic mass is 16.5. The highest BCUT2D eigenvalue weighted by Crippen LogP contribution is 2.29. The van der Waals surface area contributed by atoms with Gasteiger partial charge in [0.25, 0.3) is 0 Å². The van der Waals surface area contributed by atoms with Gasteiger partial charge in [0.1, 0.15) is 19.0 Å². The summed E-state index contributed by atoms with van der Waals surface area (Å²) < 4.78 is 11.5. The molecule has 0 saturated heterocycles. The molecule has 0 aliphatic rings. The Morgan fingerprint density at radius 2 is 1.29 bits per heavy atom. The molecule has 0 aliphatic heterocycles. The van der Waals surface area contributed by atoms with Gasteiger partial charge in [0.05, 0.1) is 5.56 Å². The molecular weight excluding hydrogens is 348 g/mol. The van der Waals surface area contributed by atoms with Gasteiger partial charge in [0.2, 0.25) is 0 Å². The fraction of sp³-hybridized carbons (Fsp3) is 0.0800. The molecule has 0 aromatic heterocycles. The monoisotopic (exact) mass is 368 g/mol. The third-order valence-corrected chi connectivity index (χ3v) is 4.51. The Bertz CT molecular complexity index is 1070. The summed E-state index contributed by atoms with van der Waals surface area (Å²) in [5, 5.41) is 1.91. The molecule has 3 nitrogen and oxygen atoms in total. The van der Waals surface area contributed by atoms with E-state index in [0.29, 0.717) is 17.9 Å². The van der Waals surface area contributed by atoms with Gasteiger partial charge in [0.15, 0.2) is 0 Å². The number of esters is 1. The lowest BCUT2D eigenvalue weighted by Crippen LogP contribution is -2.06. The number of carbonyl (C=O) groups is 1. The van der Waals surface area contributed by atoms with Crippen molar-refractivity contribution in [1.29, 1.82) is 0 Å². The second-order valence-corrected chi connectivity index (χ2v) is 6.53. The van der Waals surface area contributed by atoms with Crippen LogP contribution >= 0.6 is 0 Å². The largest absolute Gasteiger partial charge is 0.488 e. The van der Waals surface area contributed by atoms with Crippen LogP contribution in [0.25, 0.3) is 10.8 Å². The first-order valence-electron chi connectivity index (χ1n) is 9.20. The normalized spacial score (nSPS) is 10.6. The van der Waals surface area contributed by atoms with Crippen LogP contribution in [0, 0.1) is 0 Å². The maximum Gasteiger partial charge on any atom is 0.338 e. The molecule has 0 unspecified atom stereocenters. The fourth-order valence-corrected chi connectivity index (χ4v) is 3.05. The third-order valence-electron chi connectivity index (χ3n) is 4.51. The zero-order valence-electron chi connectivity index (χ0n) is 15.4. The van der Waals surface area contributed by atoms with Crippen LogP contribution in [-0.4, -0.2) is 5.97 Å². The summed E-state index contributed by atoms with van der Waals surface area (Å²) in [6, 6.07) is 31.1. The number of ether oxygens (including phenoxy) is 2. The van der Waals surface area contributed by atoms with E-state index >= 15 is 0 Å². The molecule has 0 radical (unpaired) electrons. The van der Waals surface area contributed by atoms with E-state index in [-0.39, 0.29) is 12.6 Å². The van der Waals surface area contributed by atoms with Crippen LogP contribution in [0.3, 0.4) is 0 Å². The number of rotatable bonds is 6. The predicted molar refractivity (Wildman–Crippen MR) is 110 cm³/mol. The van der Waals surface area contributed by atoms with Gasteiger partial charge >= 0.3 is 5.97 Å². The van der Waals surface area contributed by atoms with Crippen LogP contribution in [-0.2, 0) is 18.0 Å². The number of hydrogen-bond acceptors (Lipinski definition) is 3. The van der Waals surface area contributed by atoms with E-state index in [1.807, 2.05) is 91.0 Å². The van der Waals surface area contributed by atoms with Gasteiger partial charge in [-0.2, -0.15) is 0 Å². The molecule has 0 saturated carbocycles. The molecule has 138 valence electrons. The second-order valence-electron chi connectivity index (χ2n) is 6.53. The van der Waals surface area contributed by atoms with Gasteiger partial charge in [0, 0.05) is 5.39 Å². The average molecular weight is 368 g/mol. The van der Waals surface area contributed by atoms with Gasteiger partial charge in [-0.25, -0.2) is 4.79 Å². The maximum atomic E-state index is 12.6. The molecule has 0 atom stereocenters. The number of benzene rings is 4. The smallest absolute Gasteiger partial charge is 0.338 e. The van der Waals surface area contributed by atoms with Gasteiger partial charge in [-0.1, -0.05) is 84.9 Å². The Kier molecular flexibility index (Phi) is 5.34. The van der Waals surface area contributed by atoms with E-state index in [4.69, 9.17) is 9.47 Å². The summed E-state index contributed by atoms with van der Waals surface area (Å²) >= 11 is 0. The lowest BCUT2D eigenvalue weighted by Gasteiger charge is -2.12. The molecule has 0 N–H and O–H groups in total. The van der Waals surface area contributed by atoms with Gasteiger partial charge in [-0.05, 0) is 28.6 Å². The van der Waals surface area contributed by atoms with Crippen LogP contribution in [0.5, 0.6) is 5.75 Å². The van der Waals surface area contributed by atoms with Crippen LogP contribution in [0.15, 0.2) is 97.1 Å². The molecule has 0 aliphatic carbocycles. The number of carbonyl (C=O) groups excluding carboxylic acids is 1. The maximum absolute atomic E-state index is 12.6. The zero-order valence-corrected chi connectivity index (χ0v) is 15.4. The molecule has 0 bridgehead atoms. The first-order valence-corrected chi connectivity index (χ1v) is 9.20. The minimum atomic E-state index is -0.362. The van der Waals surface area contributed by atoms with Crippen molar-refractivity contribution in [2.75, 3.05) is 0 Å². The Morgan fingerprint density at radius 1 is 0.679 bits per heavy atom. The van der Waals surface area contributed by atoms with Crippen molar-refractivity contribution in [3.8, 4) is 5.75 Å². The first kappa shape index (κ1) is 17.8. The first-order chi connectivity index (χ1) is 13.8. The van der Waals surface area contributed by atoms with E-state index in [0.717, 1.165) is 21.9 Å². The third kappa shape index (κ3) is 4.21. The molecule has 0 amide bonds. The summed E-state index contributed by atoms with van der Waals surface area (Å²) in [5.41, 5.74) is 2.51. The quantitative estimate of drug-likeness (QED) is 0.405. The molecule has 28 heavy (non-hydrogen) atoms. The Balaban J connectivity index is 1.57. The van der Waals surface area contributed by atoms with Crippen molar-refractivity contribution in [2.45, 2.75) is 13.2 Å². The van der Waals surface area contributed by atoms with E-state index in [1.54, 1.807) is 6.07 Å². The molecule has 0 fully saturated rings. The van der Waals surface area contributed by atoms with E-state index in [1.165, 1.54) is 0 Å². The average Bonchev–Trinajstić information content (AvgIpc) is 2.77. The SMILES string of the molecule is O=C(OCc1ccccc1)c1cc(OCc2ccccc2)c2ccccc2c1. The summed E-state index contributed by atoms with van der Waals surface area (Å²) in [6.07, 6.45) is 0. The van der Waals surface area contributed by atoms with E-state index in [9.17, 15) is 4.79 Å². The highest BCUT2D eigenvalue weighted by molar-refractivity contribution is 5.98. The van der Waals surface area contributed by atoms with Crippen LogP contribution in [0.2, 0.25) is 0 Å². The topological polar surface area (TPSA) is 35.5 Å². The molecule has 4 aromatic rings. The standard InChI is InChI=1S/C25H20O3/c26-25(28-18-20-11-5-2-6-12-20)22-15-21-13-7-8-14-23(21)24(16-22)27-17-19-9-3-1-4-10-19/h1-16H,17-18H2. The molecule has 0 spiro atoms. The Hall–Kier alpha value is -3.59. The summed E-state index contributed by atoms with van der Waals surface area (Å²) in [5.74, 6) is 0.313. The van der Waals surface area contributed by atoms with Crippen molar-refractivity contribution in [3.63, 3.8) is 0 Å².